The van der Waals surface area contributed by atoms with Crippen molar-refractivity contribution in [3.05, 3.63) is 96.2 Å². The molecular weight excluding hydrogens is 374 g/mol. The maximum atomic E-state index is 11.7. The third-order valence-corrected chi connectivity index (χ3v) is 4.49. The van der Waals surface area contributed by atoms with Crippen LogP contribution in [0.1, 0.15) is 23.0 Å². The fourth-order valence-electron chi connectivity index (χ4n) is 3.02. The lowest BCUT2D eigenvalue weighted by atomic mass is 10.1. The van der Waals surface area contributed by atoms with Crippen LogP contribution >= 0.6 is 0 Å². The number of carbonyl (C=O) groups is 1. The quantitative estimate of drug-likeness (QED) is 0.394. The summed E-state index contributed by atoms with van der Waals surface area (Å²) in [7, 11) is 0. The molecule has 4 aromatic rings. The van der Waals surface area contributed by atoms with Gasteiger partial charge in [-0.25, -0.2) is 9.97 Å². The van der Waals surface area contributed by atoms with Gasteiger partial charge in [-0.3, -0.25) is 4.79 Å². The summed E-state index contributed by atoms with van der Waals surface area (Å²) in [6, 6.07) is 26.6. The summed E-state index contributed by atoms with van der Waals surface area (Å²) >= 11 is 0. The molecule has 0 saturated heterocycles. The highest BCUT2D eigenvalue weighted by atomic mass is 16.5. The molecule has 0 unspecified atom stereocenters. The number of aryl methyl sites for hydroxylation is 1. The van der Waals surface area contributed by atoms with Gasteiger partial charge in [-0.15, -0.1) is 0 Å². The Balaban J connectivity index is 1.54. The molecule has 0 saturated carbocycles. The molecule has 0 aliphatic heterocycles. The molecule has 0 bridgehead atoms. The van der Waals surface area contributed by atoms with Crippen molar-refractivity contribution in [1.82, 2.24) is 9.97 Å². The smallest absolute Gasteiger partial charge is 0.161 e. The predicted octanol–water partition coefficient (Wildman–Crippen LogP) is 6.19. The van der Waals surface area contributed by atoms with Crippen molar-refractivity contribution in [2.24, 2.45) is 0 Å². The number of para-hydroxylation sites is 1. The fraction of sp³-hybridized carbons (Fsp3) is 0.0800. The highest BCUT2D eigenvalue weighted by molar-refractivity contribution is 5.95. The lowest BCUT2D eigenvalue weighted by molar-refractivity contribution is 0.101. The molecule has 0 atom stereocenters. The van der Waals surface area contributed by atoms with E-state index >= 15 is 0 Å². The molecule has 4 rings (SSSR count). The van der Waals surface area contributed by atoms with Gasteiger partial charge >= 0.3 is 0 Å². The normalized spacial score (nSPS) is 10.5. The van der Waals surface area contributed by atoms with E-state index in [9.17, 15) is 4.79 Å². The van der Waals surface area contributed by atoms with Crippen molar-refractivity contribution in [1.29, 1.82) is 0 Å². The number of hydrogen-bond donors (Lipinski definition) is 1. The maximum Gasteiger partial charge on any atom is 0.161 e. The van der Waals surface area contributed by atoms with Crippen molar-refractivity contribution < 1.29 is 9.53 Å². The van der Waals surface area contributed by atoms with Crippen molar-refractivity contribution in [3.8, 4) is 22.9 Å². The van der Waals surface area contributed by atoms with Gasteiger partial charge in [-0.1, -0.05) is 36.4 Å². The maximum absolute atomic E-state index is 11.7. The first-order valence-corrected chi connectivity index (χ1v) is 9.64. The topological polar surface area (TPSA) is 64.1 Å². The minimum absolute atomic E-state index is 0.0145. The average molecular weight is 395 g/mol. The molecule has 0 aliphatic carbocycles. The van der Waals surface area contributed by atoms with E-state index in [-0.39, 0.29) is 5.78 Å². The third-order valence-electron chi connectivity index (χ3n) is 4.49. The molecule has 0 aliphatic rings. The number of aromatic nitrogens is 2. The number of nitrogens with zero attached hydrogens (tertiary/aromatic N) is 2. The summed E-state index contributed by atoms with van der Waals surface area (Å²) < 4.78 is 5.83. The second kappa shape index (κ2) is 8.57. The molecule has 0 amide bonds. The number of Topliss-reactive ketones (excluding diaryl/α,β-unsaturated/α-hetero) is 1. The molecular formula is C25H21N3O2. The summed E-state index contributed by atoms with van der Waals surface area (Å²) in [5.74, 6) is 2.82. The van der Waals surface area contributed by atoms with Gasteiger partial charge in [-0.2, -0.15) is 0 Å². The number of nitrogens with one attached hydrogen (secondary N) is 1. The van der Waals surface area contributed by atoms with Crippen LogP contribution in [0, 0.1) is 6.92 Å². The average Bonchev–Trinajstić information content (AvgIpc) is 2.75. The van der Waals surface area contributed by atoms with Gasteiger partial charge in [0.05, 0.1) is 0 Å². The Bertz CT molecular complexity index is 1170. The molecule has 0 spiro atoms. The zero-order valence-electron chi connectivity index (χ0n) is 16.8. The molecule has 1 heterocycles. The van der Waals surface area contributed by atoms with Gasteiger partial charge in [0.1, 0.15) is 17.3 Å². The zero-order chi connectivity index (χ0) is 20.9. The summed E-state index contributed by atoms with van der Waals surface area (Å²) in [5, 5.41) is 3.31. The first kappa shape index (κ1) is 19.3. The SMILES string of the molecule is CC(=O)c1cccc(-c2nc(C)cc(Nc3ccc(Oc4ccccc4)cc3)n2)c1. The molecule has 3 aromatic carbocycles. The molecule has 1 N–H and O–H groups in total. The summed E-state index contributed by atoms with van der Waals surface area (Å²) in [6.45, 7) is 3.47. The van der Waals surface area contributed by atoms with Crippen LogP contribution in [0.4, 0.5) is 11.5 Å². The second-order valence-corrected chi connectivity index (χ2v) is 6.92. The first-order valence-electron chi connectivity index (χ1n) is 9.64. The number of hydrogen-bond acceptors (Lipinski definition) is 5. The molecule has 30 heavy (non-hydrogen) atoms. The van der Waals surface area contributed by atoms with Gasteiger partial charge in [-0.05, 0) is 56.3 Å². The van der Waals surface area contributed by atoms with E-state index in [0.29, 0.717) is 17.2 Å². The Morgan fingerprint density at radius 2 is 1.57 bits per heavy atom. The number of ether oxygens (including phenoxy) is 1. The standard InChI is InChI=1S/C25H21N3O2/c1-17-15-24(28-25(26-17)20-8-6-7-19(16-20)18(2)29)27-21-11-13-23(14-12-21)30-22-9-4-3-5-10-22/h3-16H,1-2H3,(H,26,27,28). The van der Waals surface area contributed by atoms with Crippen molar-refractivity contribution in [2.75, 3.05) is 5.32 Å². The van der Waals surface area contributed by atoms with Gasteiger partial charge in [0.2, 0.25) is 0 Å². The summed E-state index contributed by atoms with van der Waals surface area (Å²) in [5.41, 5.74) is 3.17. The van der Waals surface area contributed by atoms with Crippen LogP contribution in [0.2, 0.25) is 0 Å². The Morgan fingerprint density at radius 1 is 0.833 bits per heavy atom. The van der Waals surface area contributed by atoms with Crippen molar-refractivity contribution in [2.45, 2.75) is 13.8 Å². The lowest BCUT2D eigenvalue weighted by Gasteiger charge is -2.10. The minimum atomic E-state index is 0.0145. The fourth-order valence-corrected chi connectivity index (χ4v) is 3.02. The third kappa shape index (κ3) is 4.70. The largest absolute Gasteiger partial charge is 0.457 e. The van der Waals surface area contributed by atoms with E-state index in [2.05, 4.69) is 15.3 Å². The molecule has 5 heteroatoms. The van der Waals surface area contributed by atoms with E-state index in [4.69, 9.17) is 4.74 Å². The Labute approximate surface area is 175 Å². The number of carbonyl (C=O) groups excluding carboxylic acids is 1. The minimum Gasteiger partial charge on any atom is -0.457 e. The molecule has 0 radical (unpaired) electrons. The predicted molar refractivity (Wildman–Crippen MR) is 118 cm³/mol. The molecule has 1 aromatic heterocycles. The van der Waals surface area contributed by atoms with E-state index in [1.54, 1.807) is 13.0 Å². The van der Waals surface area contributed by atoms with Crippen molar-refractivity contribution >= 4 is 17.3 Å². The Kier molecular flexibility index (Phi) is 5.52. The summed E-state index contributed by atoms with van der Waals surface area (Å²) in [4.78, 5) is 20.8. The summed E-state index contributed by atoms with van der Waals surface area (Å²) in [6.07, 6.45) is 0. The highest BCUT2D eigenvalue weighted by Crippen LogP contribution is 2.25. The van der Waals surface area contributed by atoms with Gasteiger partial charge in [0, 0.05) is 28.6 Å². The molecule has 5 nitrogen and oxygen atoms in total. The van der Waals surface area contributed by atoms with Crippen LogP contribution in [0.3, 0.4) is 0 Å². The lowest BCUT2D eigenvalue weighted by Crippen LogP contribution is -2.00. The number of anilines is 2. The second-order valence-electron chi connectivity index (χ2n) is 6.92. The Morgan fingerprint density at radius 3 is 2.30 bits per heavy atom. The monoisotopic (exact) mass is 395 g/mol. The van der Waals surface area contributed by atoms with Crippen molar-refractivity contribution in [3.63, 3.8) is 0 Å². The van der Waals surface area contributed by atoms with Crippen LogP contribution < -0.4 is 10.1 Å². The van der Waals surface area contributed by atoms with Gasteiger partial charge in [0.15, 0.2) is 11.6 Å². The van der Waals surface area contributed by atoms with E-state index in [1.807, 2.05) is 85.8 Å². The Hall–Kier alpha value is -3.99. The van der Waals surface area contributed by atoms with Crippen LogP contribution in [0.15, 0.2) is 84.9 Å². The van der Waals surface area contributed by atoms with Gasteiger partial charge in [0.25, 0.3) is 0 Å². The number of benzene rings is 3. The van der Waals surface area contributed by atoms with Gasteiger partial charge < -0.3 is 10.1 Å². The zero-order valence-corrected chi connectivity index (χ0v) is 16.8. The van der Waals surface area contributed by atoms with E-state index in [0.717, 1.165) is 28.4 Å². The van der Waals surface area contributed by atoms with Crippen LogP contribution in [-0.4, -0.2) is 15.8 Å². The molecule has 0 fully saturated rings. The highest BCUT2D eigenvalue weighted by Gasteiger charge is 2.08. The van der Waals surface area contributed by atoms with Crippen LogP contribution in [-0.2, 0) is 0 Å². The number of rotatable bonds is 6. The molecule has 148 valence electrons. The van der Waals surface area contributed by atoms with Crippen LogP contribution in [0.25, 0.3) is 11.4 Å². The number of ketones is 1. The first-order chi connectivity index (χ1) is 14.6. The van der Waals surface area contributed by atoms with Crippen LogP contribution in [0.5, 0.6) is 11.5 Å². The van der Waals surface area contributed by atoms with E-state index < -0.39 is 0 Å². The van der Waals surface area contributed by atoms with E-state index in [1.165, 1.54) is 0 Å².